The molecule has 2 aromatic rings. The van der Waals surface area contributed by atoms with Gasteiger partial charge in [0.2, 0.25) is 11.8 Å². The number of ether oxygens (including phenoxy) is 2. The Kier molecular flexibility index (Phi) is 3.72. The van der Waals surface area contributed by atoms with Gasteiger partial charge in [0.25, 0.3) is 5.91 Å². The lowest BCUT2D eigenvalue weighted by atomic mass is 10.3. The molecule has 0 radical (unpaired) electrons. The summed E-state index contributed by atoms with van der Waals surface area (Å²) in [5, 5.41) is 0. The maximum atomic E-state index is 12.1. The number of carbonyl (C=O) groups is 1. The topological polar surface area (TPSA) is 77.7 Å². The van der Waals surface area contributed by atoms with E-state index in [0.29, 0.717) is 30.6 Å². The number of nitrogens with zero attached hydrogens (tertiary/aromatic N) is 3. The Morgan fingerprint density at radius 3 is 3.05 bits per heavy atom. The summed E-state index contributed by atoms with van der Waals surface area (Å²) in [6.07, 6.45) is 5.16. The van der Waals surface area contributed by atoms with Crippen molar-refractivity contribution in [3.8, 4) is 11.8 Å². The number of likely N-dealkylation sites (tertiary alicyclic amines) is 1. The molecule has 21 heavy (non-hydrogen) atoms. The fourth-order valence-corrected chi connectivity index (χ4v) is 2.22. The molecule has 1 unspecified atom stereocenters. The predicted octanol–water partition coefficient (Wildman–Crippen LogP) is 1.37. The van der Waals surface area contributed by atoms with Gasteiger partial charge in [-0.05, 0) is 12.1 Å². The van der Waals surface area contributed by atoms with Crippen molar-refractivity contribution >= 4 is 5.91 Å². The number of hydrogen-bond donors (Lipinski definition) is 0. The molecule has 1 amide bonds. The van der Waals surface area contributed by atoms with E-state index in [1.807, 2.05) is 0 Å². The first-order chi connectivity index (χ1) is 10.3. The standard InChI is InChI=1S/C14H15N3O4/c1-19-12-7-15-8-13(16-12)21-10-4-5-17(9-10)14(18)11-3-2-6-20-11/h2-3,6-8,10H,4-5,9H2,1H3. The average Bonchev–Trinajstić information content (AvgIpc) is 3.18. The minimum atomic E-state index is -0.122. The third kappa shape index (κ3) is 2.96. The Bertz CT molecular complexity index is 614. The molecule has 1 atom stereocenters. The maximum absolute atomic E-state index is 12.1. The Morgan fingerprint density at radius 1 is 1.43 bits per heavy atom. The van der Waals surface area contributed by atoms with Crippen molar-refractivity contribution in [2.75, 3.05) is 20.2 Å². The van der Waals surface area contributed by atoms with Crippen molar-refractivity contribution in [3.63, 3.8) is 0 Å². The van der Waals surface area contributed by atoms with E-state index in [0.717, 1.165) is 6.42 Å². The number of carbonyl (C=O) groups excluding carboxylic acids is 1. The summed E-state index contributed by atoms with van der Waals surface area (Å²) >= 11 is 0. The summed E-state index contributed by atoms with van der Waals surface area (Å²) in [5.74, 6) is 1.01. The van der Waals surface area contributed by atoms with Crippen LogP contribution in [0.1, 0.15) is 17.0 Å². The van der Waals surface area contributed by atoms with Crippen LogP contribution in [0.3, 0.4) is 0 Å². The summed E-state index contributed by atoms with van der Waals surface area (Å²) in [6, 6.07) is 3.35. The number of methoxy groups -OCH3 is 1. The lowest BCUT2D eigenvalue weighted by molar-refractivity contribution is 0.0739. The second kappa shape index (κ2) is 5.82. The molecule has 1 fully saturated rings. The largest absolute Gasteiger partial charge is 0.480 e. The quantitative estimate of drug-likeness (QED) is 0.846. The zero-order chi connectivity index (χ0) is 14.7. The highest BCUT2D eigenvalue weighted by molar-refractivity contribution is 5.91. The van der Waals surface area contributed by atoms with Crippen LogP contribution in [0.4, 0.5) is 0 Å². The Labute approximate surface area is 121 Å². The number of furan rings is 1. The van der Waals surface area contributed by atoms with Gasteiger partial charge in [-0.2, -0.15) is 4.98 Å². The normalized spacial score (nSPS) is 17.8. The molecule has 110 valence electrons. The van der Waals surface area contributed by atoms with Gasteiger partial charge in [0, 0.05) is 13.0 Å². The van der Waals surface area contributed by atoms with Crippen LogP contribution >= 0.6 is 0 Å². The smallest absolute Gasteiger partial charge is 0.289 e. The van der Waals surface area contributed by atoms with Crippen molar-refractivity contribution < 1.29 is 18.7 Å². The van der Waals surface area contributed by atoms with Crippen LogP contribution in [0.15, 0.2) is 35.2 Å². The van der Waals surface area contributed by atoms with E-state index in [2.05, 4.69) is 9.97 Å². The number of aromatic nitrogens is 2. The molecular weight excluding hydrogens is 274 g/mol. The molecule has 0 saturated carbocycles. The molecule has 0 aromatic carbocycles. The second-order valence-electron chi connectivity index (χ2n) is 4.66. The minimum Gasteiger partial charge on any atom is -0.480 e. The molecule has 0 N–H and O–H groups in total. The number of hydrogen-bond acceptors (Lipinski definition) is 6. The Hall–Kier alpha value is -2.57. The molecule has 1 saturated heterocycles. The van der Waals surface area contributed by atoms with E-state index < -0.39 is 0 Å². The average molecular weight is 289 g/mol. The zero-order valence-corrected chi connectivity index (χ0v) is 11.6. The van der Waals surface area contributed by atoms with Crippen LogP contribution in [-0.4, -0.2) is 47.1 Å². The molecule has 2 aromatic heterocycles. The molecule has 1 aliphatic heterocycles. The van der Waals surface area contributed by atoms with Gasteiger partial charge in [-0.1, -0.05) is 0 Å². The Morgan fingerprint density at radius 2 is 2.29 bits per heavy atom. The lowest BCUT2D eigenvalue weighted by Crippen LogP contribution is -2.30. The summed E-state index contributed by atoms with van der Waals surface area (Å²) in [6.45, 7) is 1.13. The van der Waals surface area contributed by atoms with Gasteiger partial charge in [0.15, 0.2) is 5.76 Å². The van der Waals surface area contributed by atoms with Crippen LogP contribution in [0.2, 0.25) is 0 Å². The summed E-state index contributed by atoms with van der Waals surface area (Å²) < 4.78 is 15.9. The highest BCUT2D eigenvalue weighted by Gasteiger charge is 2.29. The van der Waals surface area contributed by atoms with Crippen LogP contribution < -0.4 is 9.47 Å². The zero-order valence-electron chi connectivity index (χ0n) is 11.6. The van der Waals surface area contributed by atoms with E-state index in [4.69, 9.17) is 13.9 Å². The van der Waals surface area contributed by atoms with Gasteiger partial charge >= 0.3 is 0 Å². The SMILES string of the molecule is COc1cncc(OC2CCN(C(=O)c3ccco3)C2)n1. The van der Waals surface area contributed by atoms with Crippen LogP contribution in [0.25, 0.3) is 0 Å². The molecule has 3 heterocycles. The first-order valence-electron chi connectivity index (χ1n) is 6.62. The van der Waals surface area contributed by atoms with Crippen LogP contribution in [0.5, 0.6) is 11.8 Å². The Balaban J connectivity index is 1.60. The summed E-state index contributed by atoms with van der Waals surface area (Å²) in [4.78, 5) is 22.0. The highest BCUT2D eigenvalue weighted by Crippen LogP contribution is 2.19. The molecule has 0 bridgehead atoms. The van der Waals surface area contributed by atoms with Crippen molar-refractivity contribution in [1.82, 2.24) is 14.9 Å². The van der Waals surface area contributed by atoms with E-state index in [1.54, 1.807) is 17.0 Å². The van der Waals surface area contributed by atoms with Gasteiger partial charge in [0.1, 0.15) is 6.10 Å². The van der Waals surface area contributed by atoms with E-state index >= 15 is 0 Å². The summed E-state index contributed by atoms with van der Waals surface area (Å²) in [7, 11) is 1.52. The van der Waals surface area contributed by atoms with Crippen LogP contribution in [-0.2, 0) is 0 Å². The molecule has 3 rings (SSSR count). The number of amides is 1. The van der Waals surface area contributed by atoms with E-state index in [1.165, 1.54) is 25.8 Å². The molecule has 7 nitrogen and oxygen atoms in total. The first kappa shape index (κ1) is 13.4. The third-order valence-corrected chi connectivity index (χ3v) is 3.25. The first-order valence-corrected chi connectivity index (χ1v) is 6.62. The molecule has 0 aliphatic carbocycles. The van der Waals surface area contributed by atoms with Gasteiger partial charge in [-0.3, -0.25) is 9.78 Å². The van der Waals surface area contributed by atoms with Crippen LogP contribution in [0, 0.1) is 0 Å². The number of rotatable bonds is 4. The molecule has 1 aliphatic rings. The molecular formula is C14H15N3O4. The molecule has 0 spiro atoms. The van der Waals surface area contributed by atoms with Gasteiger partial charge in [-0.15, -0.1) is 0 Å². The van der Waals surface area contributed by atoms with Crippen molar-refractivity contribution in [2.24, 2.45) is 0 Å². The highest BCUT2D eigenvalue weighted by atomic mass is 16.5. The fraction of sp³-hybridized carbons (Fsp3) is 0.357. The van der Waals surface area contributed by atoms with Crippen molar-refractivity contribution in [1.29, 1.82) is 0 Å². The van der Waals surface area contributed by atoms with Gasteiger partial charge in [-0.25, -0.2) is 0 Å². The second-order valence-corrected chi connectivity index (χ2v) is 4.66. The van der Waals surface area contributed by atoms with E-state index in [9.17, 15) is 4.79 Å². The fourth-order valence-electron chi connectivity index (χ4n) is 2.22. The molecule has 7 heteroatoms. The third-order valence-electron chi connectivity index (χ3n) is 3.25. The maximum Gasteiger partial charge on any atom is 0.289 e. The van der Waals surface area contributed by atoms with Gasteiger partial charge in [0.05, 0.1) is 32.3 Å². The van der Waals surface area contributed by atoms with Crippen molar-refractivity contribution in [3.05, 3.63) is 36.5 Å². The summed E-state index contributed by atoms with van der Waals surface area (Å²) in [5.41, 5.74) is 0. The van der Waals surface area contributed by atoms with Crippen molar-refractivity contribution in [2.45, 2.75) is 12.5 Å². The lowest BCUT2D eigenvalue weighted by Gasteiger charge is -2.15. The van der Waals surface area contributed by atoms with E-state index in [-0.39, 0.29) is 12.0 Å². The van der Waals surface area contributed by atoms with Gasteiger partial charge < -0.3 is 18.8 Å². The monoisotopic (exact) mass is 289 g/mol. The minimum absolute atomic E-state index is 0.106. The predicted molar refractivity (Wildman–Crippen MR) is 72.2 cm³/mol.